The van der Waals surface area contributed by atoms with Crippen LogP contribution in [0.1, 0.15) is 12.8 Å². The Hall–Kier alpha value is -2.67. The molecule has 0 radical (unpaired) electrons. The van der Waals surface area contributed by atoms with Gasteiger partial charge in [0.05, 0.1) is 6.61 Å². The van der Waals surface area contributed by atoms with Gasteiger partial charge < -0.3 is 14.2 Å². The molecule has 0 fully saturated rings. The molecule has 2 aromatic carbocycles. The smallest absolute Gasteiger partial charge is 0.494 e. The standard InChI is InChI=1S/C21H22F3NO3/c22-21(23,24)28-20-11-9-19(10-12-20)27-18-7-5-17(6-8-18)26-16-4-15-25-13-2-1-3-14-25/h1-2,5-12H,3-4,13-16H2. The van der Waals surface area contributed by atoms with Crippen molar-refractivity contribution in [1.82, 2.24) is 4.90 Å². The summed E-state index contributed by atoms with van der Waals surface area (Å²) in [5.74, 6) is 1.44. The maximum Gasteiger partial charge on any atom is 0.573 e. The molecule has 0 aromatic heterocycles. The van der Waals surface area contributed by atoms with Crippen molar-refractivity contribution in [3.8, 4) is 23.0 Å². The van der Waals surface area contributed by atoms with Crippen LogP contribution in [0.4, 0.5) is 13.2 Å². The lowest BCUT2D eigenvalue weighted by molar-refractivity contribution is -0.274. The minimum absolute atomic E-state index is 0.288. The Morgan fingerprint density at radius 1 is 0.821 bits per heavy atom. The van der Waals surface area contributed by atoms with E-state index in [0.29, 0.717) is 18.1 Å². The molecule has 3 rings (SSSR count). The maximum atomic E-state index is 12.2. The van der Waals surface area contributed by atoms with E-state index >= 15 is 0 Å². The molecule has 0 spiro atoms. The van der Waals surface area contributed by atoms with Gasteiger partial charge in [0.15, 0.2) is 0 Å². The number of nitrogens with zero attached hydrogens (tertiary/aromatic N) is 1. The number of hydrogen-bond donors (Lipinski definition) is 0. The lowest BCUT2D eigenvalue weighted by Crippen LogP contribution is -2.29. The van der Waals surface area contributed by atoms with Crippen molar-refractivity contribution >= 4 is 0 Å². The molecule has 28 heavy (non-hydrogen) atoms. The Morgan fingerprint density at radius 2 is 1.43 bits per heavy atom. The third kappa shape index (κ3) is 6.81. The fourth-order valence-corrected chi connectivity index (χ4v) is 2.82. The molecular formula is C21H22F3NO3. The van der Waals surface area contributed by atoms with Gasteiger partial charge in [-0.2, -0.15) is 0 Å². The van der Waals surface area contributed by atoms with Crippen LogP contribution in [0.15, 0.2) is 60.7 Å². The predicted octanol–water partition coefficient (Wildman–Crippen LogP) is 5.41. The van der Waals surface area contributed by atoms with E-state index in [0.717, 1.165) is 38.2 Å². The molecule has 1 aliphatic rings. The SMILES string of the molecule is FC(F)(F)Oc1ccc(Oc2ccc(OCCCN3CC=CCC3)cc2)cc1. The number of halogens is 3. The predicted molar refractivity (Wildman–Crippen MR) is 100.0 cm³/mol. The number of hydrogen-bond acceptors (Lipinski definition) is 4. The van der Waals surface area contributed by atoms with Crippen LogP contribution in [0.5, 0.6) is 23.0 Å². The molecule has 0 atom stereocenters. The Morgan fingerprint density at radius 3 is 2.00 bits per heavy atom. The number of benzene rings is 2. The average molecular weight is 393 g/mol. The van der Waals surface area contributed by atoms with Crippen molar-refractivity contribution in [3.63, 3.8) is 0 Å². The first-order valence-corrected chi connectivity index (χ1v) is 9.12. The molecule has 2 aromatic rings. The summed E-state index contributed by atoms with van der Waals surface area (Å²) in [5.41, 5.74) is 0. The van der Waals surface area contributed by atoms with Crippen LogP contribution < -0.4 is 14.2 Å². The van der Waals surface area contributed by atoms with Gasteiger partial charge in [-0.25, -0.2) is 0 Å². The Bertz CT molecular complexity index is 758. The van der Waals surface area contributed by atoms with Crippen molar-refractivity contribution in [2.45, 2.75) is 19.2 Å². The molecule has 0 bridgehead atoms. The van der Waals surface area contributed by atoms with Gasteiger partial charge in [-0.05, 0) is 61.4 Å². The highest BCUT2D eigenvalue weighted by Crippen LogP contribution is 2.28. The summed E-state index contributed by atoms with van der Waals surface area (Å²) >= 11 is 0. The van der Waals surface area contributed by atoms with Gasteiger partial charge in [0, 0.05) is 19.6 Å². The zero-order valence-corrected chi connectivity index (χ0v) is 15.3. The molecular weight excluding hydrogens is 371 g/mol. The number of rotatable bonds is 8. The zero-order valence-electron chi connectivity index (χ0n) is 15.3. The van der Waals surface area contributed by atoms with E-state index in [1.165, 1.54) is 24.3 Å². The topological polar surface area (TPSA) is 30.9 Å². The molecule has 0 saturated heterocycles. The highest BCUT2D eigenvalue weighted by Gasteiger charge is 2.30. The summed E-state index contributed by atoms with van der Waals surface area (Å²) < 4.78 is 51.7. The van der Waals surface area contributed by atoms with Crippen LogP contribution in [0.3, 0.4) is 0 Å². The van der Waals surface area contributed by atoms with Crippen LogP contribution in [-0.2, 0) is 0 Å². The van der Waals surface area contributed by atoms with E-state index in [1.807, 2.05) is 0 Å². The lowest BCUT2D eigenvalue weighted by Gasteiger charge is -2.22. The fraction of sp³-hybridized carbons (Fsp3) is 0.333. The highest BCUT2D eigenvalue weighted by atomic mass is 19.4. The van der Waals surface area contributed by atoms with Gasteiger partial charge in [0.1, 0.15) is 23.0 Å². The van der Waals surface area contributed by atoms with E-state index in [4.69, 9.17) is 9.47 Å². The molecule has 0 amide bonds. The molecule has 7 heteroatoms. The van der Waals surface area contributed by atoms with E-state index in [9.17, 15) is 13.2 Å². The van der Waals surface area contributed by atoms with E-state index in [1.54, 1.807) is 24.3 Å². The molecule has 150 valence electrons. The molecule has 1 heterocycles. The van der Waals surface area contributed by atoms with Crippen LogP contribution in [-0.4, -0.2) is 37.5 Å². The van der Waals surface area contributed by atoms with Crippen molar-refractivity contribution in [1.29, 1.82) is 0 Å². The van der Waals surface area contributed by atoms with Gasteiger partial charge in [0.2, 0.25) is 0 Å². The minimum Gasteiger partial charge on any atom is -0.494 e. The molecule has 0 saturated carbocycles. The highest BCUT2D eigenvalue weighted by molar-refractivity contribution is 5.37. The summed E-state index contributed by atoms with van der Waals surface area (Å²) in [7, 11) is 0. The largest absolute Gasteiger partial charge is 0.573 e. The van der Waals surface area contributed by atoms with Crippen molar-refractivity contribution < 1.29 is 27.4 Å². The second-order valence-corrected chi connectivity index (χ2v) is 6.36. The summed E-state index contributed by atoms with van der Waals surface area (Å²) in [6.07, 6.45) is 1.77. The van der Waals surface area contributed by atoms with Gasteiger partial charge in [-0.15, -0.1) is 13.2 Å². The van der Waals surface area contributed by atoms with Gasteiger partial charge in [-0.3, -0.25) is 4.90 Å². The first-order chi connectivity index (χ1) is 13.5. The molecule has 4 nitrogen and oxygen atoms in total. The van der Waals surface area contributed by atoms with Crippen LogP contribution in [0.2, 0.25) is 0 Å². The normalized spacial score (nSPS) is 14.7. The summed E-state index contributed by atoms with van der Waals surface area (Å²) in [5, 5.41) is 0. The minimum atomic E-state index is -4.71. The van der Waals surface area contributed by atoms with E-state index in [2.05, 4.69) is 21.8 Å². The zero-order chi connectivity index (χ0) is 19.8. The van der Waals surface area contributed by atoms with Crippen molar-refractivity contribution in [3.05, 3.63) is 60.7 Å². The van der Waals surface area contributed by atoms with Crippen molar-refractivity contribution in [2.24, 2.45) is 0 Å². The summed E-state index contributed by atoms with van der Waals surface area (Å²) in [6.45, 7) is 3.77. The first kappa shape index (κ1) is 20.1. The van der Waals surface area contributed by atoms with Crippen LogP contribution in [0, 0.1) is 0 Å². The second kappa shape index (κ2) is 9.50. The summed E-state index contributed by atoms with van der Waals surface area (Å²) in [6, 6.07) is 12.4. The average Bonchev–Trinajstić information content (AvgIpc) is 2.68. The lowest BCUT2D eigenvalue weighted by atomic mass is 10.2. The van der Waals surface area contributed by atoms with Crippen molar-refractivity contribution in [2.75, 3.05) is 26.2 Å². The monoisotopic (exact) mass is 393 g/mol. The van der Waals surface area contributed by atoms with Gasteiger partial charge in [0.25, 0.3) is 0 Å². The van der Waals surface area contributed by atoms with Crippen LogP contribution >= 0.6 is 0 Å². The third-order valence-corrected chi connectivity index (χ3v) is 4.15. The number of alkyl halides is 3. The first-order valence-electron chi connectivity index (χ1n) is 9.12. The molecule has 1 aliphatic heterocycles. The molecule has 0 N–H and O–H groups in total. The second-order valence-electron chi connectivity index (χ2n) is 6.36. The van der Waals surface area contributed by atoms with E-state index < -0.39 is 6.36 Å². The van der Waals surface area contributed by atoms with Crippen LogP contribution in [0.25, 0.3) is 0 Å². The number of ether oxygens (including phenoxy) is 3. The Balaban J connectivity index is 1.42. The third-order valence-electron chi connectivity index (χ3n) is 4.15. The summed E-state index contributed by atoms with van der Waals surface area (Å²) in [4.78, 5) is 2.39. The van der Waals surface area contributed by atoms with E-state index in [-0.39, 0.29) is 5.75 Å². The molecule has 0 unspecified atom stereocenters. The fourth-order valence-electron chi connectivity index (χ4n) is 2.82. The molecule has 0 aliphatic carbocycles. The van der Waals surface area contributed by atoms with Gasteiger partial charge in [-0.1, -0.05) is 12.2 Å². The maximum absolute atomic E-state index is 12.2. The Kier molecular flexibility index (Phi) is 6.81. The Labute approximate surface area is 162 Å². The van der Waals surface area contributed by atoms with Gasteiger partial charge >= 0.3 is 6.36 Å². The quantitative estimate of drug-likeness (QED) is 0.443.